The fourth-order valence-corrected chi connectivity index (χ4v) is 6.47. The van der Waals surface area contributed by atoms with Gasteiger partial charge in [-0.1, -0.05) is 55.5 Å². The van der Waals surface area contributed by atoms with Crippen molar-refractivity contribution >= 4 is 29.3 Å². The van der Waals surface area contributed by atoms with Crippen LogP contribution in [0.5, 0.6) is 5.75 Å². The molecule has 234 valence electrons. The van der Waals surface area contributed by atoms with Crippen LogP contribution in [0.4, 0.5) is 16.2 Å². The Hall–Kier alpha value is -4.67. The number of hydrogen-bond acceptors (Lipinski definition) is 7. The molecule has 10 nitrogen and oxygen atoms in total. The van der Waals surface area contributed by atoms with E-state index >= 15 is 0 Å². The van der Waals surface area contributed by atoms with Gasteiger partial charge in [0.25, 0.3) is 5.91 Å². The van der Waals surface area contributed by atoms with Gasteiger partial charge in [0.15, 0.2) is 5.60 Å². The van der Waals surface area contributed by atoms with Crippen LogP contribution in [0.2, 0.25) is 0 Å². The number of aliphatic hydroxyl groups excluding tert-OH is 1. The Morgan fingerprint density at radius 3 is 2.56 bits per heavy atom. The zero-order valence-electron chi connectivity index (χ0n) is 25.4. The second-order valence-electron chi connectivity index (χ2n) is 11.7. The van der Waals surface area contributed by atoms with Crippen molar-refractivity contribution in [2.75, 3.05) is 36.7 Å². The maximum absolute atomic E-state index is 14.0. The maximum Gasteiger partial charge on any atom is 0.414 e. The van der Waals surface area contributed by atoms with Gasteiger partial charge in [-0.3, -0.25) is 14.5 Å². The van der Waals surface area contributed by atoms with Crippen LogP contribution in [0.3, 0.4) is 0 Å². The quantitative estimate of drug-likeness (QED) is 0.352. The van der Waals surface area contributed by atoms with E-state index in [0.717, 1.165) is 16.7 Å². The summed E-state index contributed by atoms with van der Waals surface area (Å²) in [6, 6.07) is 20.2. The number of benzene rings is 3. The van der Waals surface area contributed by atoms with E-state index in [9.17, 15) is 24.6 Å². The summed E-state index contributed by atoms with van der Waals surface area (Å²) in [7, 11) is 1.53. The van der Waals surface area contributed by atoms with E-state index in [4.69, 9.17) is 9.47 Å². The number of carbonyl (C=O) groups is 3. The Labute approximate surface area is 262 Å². The van der Waals surface area contributed by atoms with Gasteiger partial charge in [-0.15, -0.1) is 0 Å². The van der Waals surface area contributed by atoms with Gasteiger partial charge in [0.1, 0.15) is 12.4 Å². The summed E-state index contributed by atoms with van der Waals surface area (Å²) < 4.78 is 10.5. The summed E-state index contributed by atoms with van der Waals surface area (Å²) >= 11 is 0. The zero-order chi connectivity index (χ0) is 31.7. The predicted octanol–water partition coefficient (Wildman–Crippen LogP) is 3.91. The van der Waals surface area contributed by atoms with Gasteiger partial charge in [-0.05, 0) is 53.4 Å². The van der Waals surface area contributed by atoms with Crippen LogP contribution in [0.15, 0.2) is 78.9 Å². The molecule has 1 saturated heterocycles. The van der Waals surface area contributed by atoms with Crippen LogP contribution < -0.4 is 14.5 Å². The second-order valence-corrected chi connectivity index (χ2v) is 11.7. The van der Waals surface area contributed by atoms with Gasteiger partial charge in [0, 0.05) is 30.1 Å². The Kier molecular flexibility index (Phi) is 8.35. The second kappa shape index (κ2) is 12.4. The Morgan fingerprint density at radius 1 is 1.11 bits per heavy atom. The number of anilines is 2. The lowest BCUT2D eigenvalue weighted by atomic mass is 9.82. The van der Waals surface area contributed by atoms with Crippen LogP contribution in [-0.4, -0.2) is 65.9 Å². The van der Waals surface area contributed by atoms with Crippen molar-refractivity contribution in [3.63, 3.8) is 0 Å². The number of nitrogens with zero attached hydrogens (tertiary/aromatic N) is 3. The zero-order valence-corrected chi connectivity index (χ0v) is 25.4. The average Bonchev–Trinajstić information content (AvgIpc) is 3.59. The molecule has 0 aromatic heterocycles. The summed E-state index contributed by atoms with van der Waals surface area (Å²) in [4.78, 5) is 44.0. The topological polar surface area (TPSA) is 120 Å². The molecule has 3 aromatic rings. The first-order chi connectivity index (χ1) is 21.7. The normalized spacial score (nSPS) is 21.6. The molecule has 3 aliphatic rings. The van der Waals surface area contributed by atoms with Gasteiger partial charge in [0.2, 0.25) is 5.91 Å². The van der Waals surface area contributed by atoms with E-state index in [0.29, 0.717) is 48.8 Å². The summed E-state index contributed by atoms with van der Waals surface area (Å²) in [5.74, 6) is -0.774. The molecule has 3 heterocycles. The molecule has 2 N–H and O–H groups in total. The number of rotatable bonds is 9. The molecule has 3 aromatic carbocycles. The van der Waals surface area contributed by atoms with Crippen LogP contribution in [-0.2, 0) is 39.4 Å². The largest absolute Gasteiger partial charge is 0.497 e. The lowest BCUT2D eigenvalue weighted by Gasteiger charge is -2.36. The van der Waals surface area contributed by atoms with Crippen molar-refractivity contribution < 1.29 is 34.1 Å². The standard InChI is InChI=1S/C35H37N3O7/c1-23(6-5-9-32(40)37-21-26-8-4-3-7-25(26)18-28(37)22-39)35(43)30-19-29(44-2)14-15-31(30)38(33(35)41)20-24-10-12-27(13-11-24)36-16-17-45-34(36)42/h3-8,10-15,19,23,28,39,43H,9,16-18,20-22H2,1-2H3/b6-5+/t23-,28+,35+/m1/s1. The molecule has 0 unspecified atom stereocenters. The Bertz CT molecular complexity index is 1640. The minimum Gasteiger partial charge on any atom is -0.497 e. The monoisotopic (exact) mass is 611 g/mol. The van der Waals surface area contributed by atoms with Gasteiger partial charge < -0.3 is 29.5 Å². The molecule has 0 bridgehead atoms. The number of hydrogen-bond donors (Lipinski definition) is 2. The first-order valence-electron chi connectivity index (χ1n) is 15.1. The van der Waals surface area contributed by atoms with Crippen molar-refractivity contribution in [2.24, 2.45) is 5.92 Å². The number of carbonyl (C=O) groups excluding carboxylic acids is 3. The van der Waals surface area contributed by atoms with Crippen LogP contribution in [0.1, 0.15) is 35.6 Å². The van der Waals surface area contributed by atoms with E-state index in [-0.39, 0.29) is 37.6 Å². The summed E-state index contributed by atoms with van der Waals surface area (Å²) in [5.41, 5.74) is 2.85. The number of methoxy groups -OCH3 is 1. The minimum absolute atomic E-state index is 0.0683. The van der Waals surface area contributed by atoms with E-state index < -0.39 is 17.4 Å². The lowest BCUT2D eigenvalue weighted by molar-refractivity contribution is -0.139. The van der Waals surface area contributed by atoms with Crippen molar-refractivity contribution in [1.29, 1.82) is 0 Å². The third-order valence-corrected chi connectivity index (χ3v) is 9.09. The number of aliphatic hydroxyl groups is 2. The molecule has 3 aliphatic heterocycles. The molecular weight excluding hydrogens is 574 g/mol. The summed E-state index contributed by atoms with van der Waals surface area (Å²) in [6.45, 7) is 3.09. The van der Waals surface area contributed by atoms with Crippen LogP contribution >= 0.6 is 0 Å². The van der Waals surface area contributed by atoms with Crippen molar-refractivity contribution in [3.8, 4) is 5.75 Å². The highest BCUT2D eigenvalue weighted by molar-refractivity contribution is 6.07. The van der Waals surface area contributed by atoms with E-state index in [1.54, 1.807) is 52.0 Å². The molecule has 0 radical (unpaired) electrons. The first-order valence-corrected chi connectivity index (χ1v) is 15.1. The molecule has 0 spiro atoms. The predicted molar refractivity (Wildman–Crippen MR) is 168 cm³/mol. The van der Waals surface area contributed by atoms with Gasteiger partial charge >= 0.3 is 6.09 Å². The number of ether oxygens (including phenoxy) is 2. The highest BCUT2D eigenvalue weighted by atomic mass is 16.6. The number of cyclic esters (lactones) is 1. The van der Waals surface area contributed by atoms with Gasteiger partial charge in [0.05, 0.1) is 38.5 Å². The maximum atomic E-state index is 14.0. The van der Waals surface area contributed by atoms with E-state index in [1.807, 2.05) is 48.5 Å². The Balaban J connectivity index is 1.20. The third-order valence-electron chi connectivity index (χ3n) is 9.09. The van der Waals surface area contributed by atoms with Gasteiger partial charge in [-0.25, -0.2) is 4.79 Å². The Morgan fingerprint density at radius 2 is 1.87 bits per heavy atom. The number of fused-ring (bicyclic) bond motifs is 2. The minimum atomic E-state index is -1.89. The molecular formula is C35H37N3O7. The fraction of sp³-hybridized carbons (Fsp3) is 0.343. The SMILES string of the molecule is COc1ccc2c(c1)[C@@](O)([C@H](C)/C=C/CC(=O)N1Cc3ccccc3C[C@H]1CO)C(=O)N2Cc1ccc(N2CCOC2=O)cc1. The average molecular weight is 612 g/mol. The van der Waals surface area contributed by atoms with E-state index in [2.05, 4.69) is 0 Å². The molecule has 0 saturated carbocycles. The van der Waals surface area contributed by atoms with Crippen LogP contribution in [0, 0.1) is 5.92 Å². The molecule has 3 amide bonds. The first kappa shape index (κ1) is 30.4. The van der Waals surface area contributed by atoms with Crippen molar-refractivity contribution in [2.45, 2.75) is 44.5 Å². The smallest absolute Gasteiger partial charge is 0.414 e. The fourth-order valence-electron chi connectivity index (χ4n) is 6.47. The highest BCUT2D eigenvalue weighted by Crippen LogP contribution is 2.47. The summed E-state index contributed by atoms with van der Waals surface area (Å²) in [6.07, 6.45) is 3.67. The molecule has 0 aliphatic carbocycles. The van der Waals surface area contributed by atoms with Gasteiger partial charge in [-0.2, -0.15) is 0 Å². The molecule has 1 fully saturated rings. The van der Waals surface area contributed by atoms with Crippen molar-refractivity contribution in [3.05, 3.63) is 101 Å². The van der Waals surface area contributed by atoms with Crippen LogP contribution in [0.25, 0.3) is 0 Å². The lowest BCUT2D eigenvalue weighted by Crippen LogP contribution is -2.46. The van der Waals surface area contributed by atoms with Crippen molar-refractivity contribution in [1.82, 2.24) is 4.90 Å². The van der Waals surface area contributed by atoms with E-state index in [1.165, 1.54) is 7.11 Å². The summed E-state index contributed by atoms with van der Waals surface area (Å²) in [5, 5.41) is 22.1. The third kappa shape index (κ3) is 5.55. The molecule has 10 heteroatoms. The molecule has 6 rings (SSSR count). The number of amides is 3. The highest BCUT2D eigenvalue weighted by Gasteiger charge is 2.52. The molecule has 3 atom stereocenters. The molecule has 45 heavy (non-hydrogen) atoms.